The zero-order valence-corrected chi connectivity index (χ0v) is 17.6. The zero-order chi connectivity index (χ0) is 24.0. The van der Waals surface area contributed by atoms with Gasteiger partial charge >= 0.3 is 6.18 Å². The highest BCUT2D eigenvalue weighted by Crippen LogP contribution is 2.41. The van der Waals surface area contributed by atoms with Crippen LogP contribution in [0.3, 0.4) is 0 Å². The van der Waals surface area contributed by atoms with E-state index in [2.05, 4.69) is 20.3 Å². The Kier molecular flexibility index (Phi) is 5.41. The minimum atomic E-state index is -4.70. The summed E-state index contributed by atoms with van der Waals surface area (Å²) in [6.45, 7) is 0.441. The van der Waals surface area contributed by atoms with Gasteiger partial charge in [0, 0.05) is 31.2 Å². The largest absolute Gasteiger partial charge is 0.417 e. The average Bonchev–Trinajstić information content (AvgIpc) is 3.40. The van der Waals surface area contributed by atoms with Crippen LogP contribution >= 0.6 is 0 Å². The Balaban J connectivity index is 1.40. The van der Waals surface area contributed by atoms with Gasteiger partial charge in [0.05, 0.1) is 22.7 Å². The summed E-state index contributed by atoms with van der Waals surface area (Å²) in [4.78, 5) is 26.8. The predicted octanol–water partition coefficient (Wildman–Crippen LogP) is 4.55. The van der Waals surface area contributed by atoms with E-state index in [9.17, 15) is 26.7 Å². The number of nitrogens with zero attached hydrogens (tertiary/aromatic N) is 4. The number of fused-ring (bicyclic) bond motifs is 2. The van der Waals surface area contributed by atoms with Gasteiger partial charge in [-0.3, -0.25) is 4.79 Å². The molecule has 0 radical (unpaired) electrons. The third-order valence-electron chi connectivity index (χ3n) is 6.27. The minimum Gasteiger partial charge on any atom is -0.363 e. The smallest absolute Gasteiger partial charge is 0.363 e. The van der Waals surface area contributed by atoms with Gasteiger partial charge in [-0.25, -0.2) is 23.7 Å². The highest BCUT2D eigenvalue weighted by atomic mass is 19.4. The lowest BCUT2D eigenvalue weighted by atomic mass is 10.0. The molecule has 2 aromatic heterocycles. The summed E-state index contributed by atoms with van der Waals surface area (Å²) in [5.41, 5.74) is -1.07. The highest BCUT2D eigenvalue weighted by molar-refractivity contribution is 6.00. The first-order valence-corrected chi connectivity index (χ1v) is 10.6. The average molecular weight is 475 g/mol. The molecule has 1 N–H and O–H groups in total. The van der Waals surface area contributed by atoms with Crippen LogP contribution in [-0.2, 0) is 6.18 Å². The van der Waals surface area contributed by atoms with Crippen molar-refractivity contribution in [1.29, 1.82) is 0 Å². The first-order valence-electron chi connectivity index (χ1n) is 10.6. The third-order valence-corrected chi connectivity index (χ3v) is 6.27. The van der Waals surface area contributed by atoms with Crippen LogP contribution in [0.15, 0.2) is 48.9 Å². The van der Waals surface area contributed by atoms with Crippen molar-refractivity contribution < 1.29 is 26.7 Å². The molecular formula is C23H18F5N5O. The van der Waals surface area contributed by atoms with Crippen molar-refractivity contribution in [1.82, 2.24) is 19.9 Å². The fourth-order valence-corrected chi connectivity index (χ4v) is 4.80. The van der Waals surface area contributed by atoms with E-state index in [-0.39, 0.29) is 34.7 Å². The normalized spacial score (nSPS) is 21.7. The zero-order valence-electron chi connectivity index (χ0n) is 17.6. The Labute approximate surface area is 190 Å². The number of alkyl halides is 3. The molecule has 3 atom stereocenters. The standard InChI is InChI=1S/C23H18F5N5O/c24-15-4-1-3-14(19(15)21-29-5-2-6-30-21)22(34)33-11-12-7-17(18(33)8-12)32-20-16(25)9-13(10-31-20)23(26,27)28/h1-6,9-10,12,17-18H,7-8,11H2,(H,31,32)/t12-,17+,18-/m0/s1. The van der Waals surface area contributed by atoms with E-state index in [1.165, 1.54) is 30.6 Å². The van der Waals surface area contributed by atoms with Gasteiger partial charge in [0.1, 0.15) is 5.82 Å². The van der Waals surface area contributed by atoms with Gasteiger partial charge in [-0.05, 0) is 43.0 Å². The number of pyridine rings is 1. The maximum absolute atomic E-state index is 14.7. The summed E-state index contributed by atoms with van der Waals surface area (Å²) in [6, 6.07) is 5.37. The lowest BCUT2D eigenvalue weighted by molar-refractivity contribution is -0.138. The number of piperidine rings is 1. The van der Waals surface area contributed by atoms with E-state index in [0.29, 0.717) is 31.6 Å². The number of carbonyl (C=O) groups is 1. The van der Waals surface area contributed by atoms with Crippen LogP contribution in [0.1, 0.15) is 28.8 Å². The number of hydrogen-bond acceptors (Lipinski definition) is 5. The molecule has 0 spiro atoms. The van der Waals surface area contributed by atoms with Crippen molar-refractivity contribution in [2.24, 2.45) is 5.92 Å². The quantitative estimate of drug-likeness (QED) is 0.561. The molecule has 176 valence electrons. The van der Waals surface area contributed by atoms with Crippen LogP contribution in [0, 0.1) is 17.6 Å². The Bertz CT molecular complexity index is 1240. The number of halogens is 5. The monoisotopic (exact) mass is 475 g/mol. The van der Waals surface area contributed by atoms with Gasteiger partial charge in [-0.2, -0.15) is 13.2 Å². The molecule has 1 amide bonds. The molecule has 1 saturated heterocycles. The van der Waals surface area contributed by atoms with Crippen LogP contribution < -0.4 is 5.32 Å². The third kappa shape index (κ3) is 3.95. The molecule has 1 aromatic carbocycles. The summed E-state index contributed by atoms with van der Waals surface area (Å²) in [7, 11) is 0. The molecule has 2 fully saturated rings. The number of aromatic nitrogens is 3. The minimum absolute atomic E-state index is 0.00386. The number of likely N-dealkylation sites (tertiary alicyclic amines) is 1. The van der Waals surface area contributed by atoms with E-state index in [0.717, 1.165) is 0 Å². The number of anilines is 1. The van der Waals surface area contributed by atoms with Crippen LogP contribution in [0.5, 0.6) is 0 Å². The summed E-state index contributed by atoms with van der Waals surface area (Å²) in [5.74, 6) is -2.27. The van der Waals surface area contributed by atoms with Gasteiger partial charge in [0.2, 0.25) is 0 Å². The SMILES string of the molecule is O=C(c1cccc(F)c1-c1ncccn1)N1C[C@H]2C[C@@H](Nc3ncc(C(F)(F)F)cc3F)[C@@H]1C2. The lowest BCUT2D eigenvalue weighted by Crippen LogP contribution is -2.48. The number of rotatable bonds is 4. The molecule has 1 saturated carbocycles. The molecule has 3 heterocycles. The maximum atomic E-state index is 14.7. The molecule has 2 aliphatic rings. The Morgan fingerprint density at radius 2 is 1.79 bits per heavy atom. The van der Waals surface area contributed by atoms with Crippen molar-refractivity contribution in [2.45, 2.75) is 31.1 Å². The molecule has 0 unspecified atom stereocenters. The van der Waals surface area contributed by atoms with Crippen molar-refractivity contribution in [3.8, 4) is 11.4 Å². The van der Waals surface area contributed by atoms with Gasteiger partial charge in [-0.1, -0.05) is 6.07 Å². The summed E-state index contributed by atoms with van der Waals surface area (Å²) >= 11 is 0. The second-order valence-corrected chi connectivity index (χ2v) is 8.40. The Hall–Kier alpha value is -3.63. The molecule has 5 rings (SSSR count). The molecular weight excluding hydrogens is 457 g/mol. The predicted molar refractivity (Wildman–Crippen MR) is 112 cm³/mol. The van der Waals surface area contributed by atoms with E-state index >= 15 is 0 Å². The first kappa shape index (κ1) is 22.2. The highest BCUT2D eigenvalue weighted by Gasteiger charge is 2.48. The van der Waals surface area contributed by atoms with Crippen LogP contribution in [0.2, 0.25) is 0 Å². The summed E-state index contributed by atoms with van der Waals surface area (Å²) in [6.07, 6.45) is 0.0128. The van der Waals surface area contributed by atoms with Crippen molar-refractivity contribution in [2.75, 3.05) is 11.9 Å². The van der Waals surface area contributed by atoms with Crippen LogP contribution in [-0.4, -0.2) is 44.4 Å². The van der Waals surface area contributed by atoms with Gasteiger partial charge in [0.25, 0.3) is 5.91 Å². The molecule has 6 nitrogen and oxygen atoms in total. The maximum Gasteiger partial charge on any atom is 0.417 e. The fraction of sp³-hybridized carbons (Fsp3) is 0.304. The molecule has 1 aliphatic heterocycles. The van der Waals surface area contributed by atoms with Crippen molar-refractivity contribution >= 4 is 11.7 Å². The Morgan fingerprint density at radius 1 is 1.03 bits per heavy atom. The summed E-state index contributed by atoms with van der Waals surface area (Å²) < 4.78 is 67.4. The van der Waals surface area contributed by atoms with Crippen molar-refractivity contribution in [3.63, 3.8) is 0 Å². The molecule has 2 bridgehead atoms. The number of carbonyl (C=O) groups excluding carboxylic acids is 1. The fourth-order valence-electron chi connectivity index (χ4n) is 4.80. The van der Waals surface area contributed by atoms with Gasteiger partial charge in [-0.15, -0.1) is 0 Å². The van der Waals surface area contributed by atoms with E-state index < -0.39 is 35.3 Å². The number of nitrogens with one attached hydrogen (secondary N) is 1. The van der Waals surface area contributed by atoms with Crippen LogP contribution in [0.25, 0.3) is 11.4 Å². The van der Waals surface area contributed by atoms with Crippen molar-refractivity contribution in [3.05, 3.63) is 71.7 Å². The van der Waals surface area contributed by atoms with E-state index in [1.54, 1.807) is 11.0 Å². The number of hydrogen-bond donors (Lipinski definition) is 1. The number of benzene rings is 1. The van der Waals surface area contributed by atoms with Crippen LogP contribution in [0.4, 0.5) is 27.8 Å². The van der Waals surface area contributed by atoms with Gasteiger partial charge < -0.3 is 10.2 Å². The number of amides is 1. The topological polar surface area (TPSA) is 71.0 Å². The summed E-state index contributed by atoms with van der Waals surface area (Å²) in [5, 5.41) is 2.87. The molecule has 34 heavy (non-hydrogen) atoms. The molecule has 1 aliphatic carbocycles. The Morgan fingerprint density at radius 3 is 2.47 bits per heavy atom. The first-order chi connectivity index (χ1) is 16.2. The van der Waals surface area contributed by atoms with Gasteiger partial charge in [0.15, 0.2) is 17.5 Å². The van der Waals surface area contributed by atoms with E-state index in [4.69, 9.17) is 0 Å². The second-order valence-electron chi connectivity index (χ2n) is 8.40. The molecule has 11 heteroatoms. The van der Waals surface area contributed by atoms with E-state index in [1.807, 2.05) is 0 Å². The lowest BCUT2D eigenvalue weighted by Gasteiger charge is -2.34. The molecule has 3 aromatic rings. The second kappa shape index (κ2) is 8.30.